The number of hydrogen-bond acceptors (Lipinski definition) is 2. The van der Waals surface area contributed by atoms with Gasteiger partial charge in [0.15, 0.2) is 5.90 Å². The van der Waals surface area contributed by atoms with Crippen LogP contribution in [-0.4, -0.2) is 5.90 Å². The van der Waals surface area contributed by atoms with Gasteiger partial charge in [0.2, 0.25) is 0 Å². The first-order valence-electron chi connectivity index (χ1n) is 6.53. The zero-order valence-corrected chi connectivity index (χ0v) is 11.6. The summed E-state index contributed by atoms with van der Waals surface area (Å²) in [6, 6.07) is 0. The van der Waals surface area contributed by atoms with Crippen LogP contribution in [0.15, 0.2) is 0 Å². The molecule has 2 aliphatic carbocycles. The van der Waals surface area contributed by atoms with Crippen molar-refractivity contribution in [2.24, 2.45) is 23.2 Å². The summed E-state index contributed by atoms with van der Waals surface area (Å²) in [5.41, 5.74) is 0.00798. The van der Waals surface area contributed by atoms with Crippen molar-refractivity contribution in [3.05, 3.63) is 0 Å². The molecule has 0 radical (unpaired) electrons. The predicted octanol–water partition coefficient (Wildman–Crippen LogP) is 4.01. The van der Waals surface area contributed by atoms with Crippen molar-refractivity contribution in [2.75, 3.05) is 0 Å². The van der Waals surface area contributed by atoms with Crippen molar-refractivity contribution < 1.29 is 4.52 Å². The lowest BCUT2D eigenvalue weighted by atomic mass is 9.59. The molecule has 2 rings (SSSR count). The summed E-state index contributed by atoms with van der Waals surface area (Å²) in [6.07, 6.45) is 7.82. The molecular formula is C13H24NOP. The van der Waals surface area contributed by atoms with Crippen molar-refractivity contribution >= 4 is 15.4 Å². The molecule has 3 unspecified atom stereocenters. The van der Waals surface area contributed by atoms with Crippen LogP contribution in [0.4, 0.5) is 0 Å². The summed E-state index contributed by atoms with van der Waals surface area (Å²) in [4.78, 5) is 0. The molecule has 0 saturated heterocycles. The molecule has 3 heteroatoms. The number of hydrogen-bond donors (Lipinski definition) is 1. The van der Waals surface area contributed by atoms with E-state index in [-0.39, 0.29) is 5.41 Å². The zero-order valence-electron chi connectivity index (χ0n) is 10.5. The maximum Gasteiger partial charge on any atom is 0.188 e. The Morgan fingerprint density at radius 3 is 2.31 bits per heavy atom. The minimum Gasteiger partial charge on any atom is -0.467 e. The van der Waals surface area contributed by atoms with Crippen LogP contribution in [0.25, 0.3) is 0 Å². The average molecular weight is 241 g/mol. The zero-order chi connectivity index (χ0) is 11.8. The Balaban J connectivity index is 2.07. The molecule has 2 fully saturated rings. The quantitative estimate of drug-likeness (QED) is 0.442. The maximum atomic E-state index is 7.96. The lowest BCUT2D eigenvalue weighted by Crippen LogP contribution is -2.41. The van der Waals surface area contributed by atoms with E-state index in [0.717, 1.165) is 30.6 Å². The molecule has 0 aromatic carbocycles. The van der Waals surface area contributed by atoms with Crippen LogP contribution in [0.5, 0.6) is 0 Å². The van der Waals surface area contributed by atoms with Gasteiger partial charge in [-0.1, -0.05) is 20.3 Å². The topological polar surface area (TPSA) is 33.1 Å². The van der Waals surface area contributed by atoms with Crippen LogP contribution in [0.1, 0.15) is 52.4 Å². The highest BCUT2D eigenvalue weighted by molar-refractivity contribution is 7.10. The van der Waals surface area contributed by atoms with Gasteiger partial charge in [0.05, 0.1) is 9.47 Å². The van der Waals surface area contributed by atoms with Crippen molar-refractivity contribution in [3.8, 4) is 0 Å². The van der Waals surface area contributed by atoms with Crippen LogP contribution in [-0.2, 0) is 4.52 Å². The lowest BCUT2D eigenvalue weighted by molar-refractivity contribution is 0.0702. The van der Waals surface area contributed by atoms with Crippen molar-refractivity contribution in [3.63, 3.8) is 0 Å². The molecule has 0 aromatic rings. The van der Waals surface area contributed by atoms with E-state index < -0.39 is 0 Å². The normalized spacial score (nSPS) is 42.8. The fraction of sp³-hybridized carbons (Fsp3) is 0.923. The van der Waals surface area contributed by atoms with Gasteiger partial charge in [0, 0.05) is 5.41 Å². The van der Waals surface area contributed by atoms with E-state index in [1.165, 1.54) is 25.7 Å². The second-order valence-electron chi connectivity index (χ2n) is 6.13. The Morgan fingerprint density at radius 1 is 1.31 bits per heavy atom. The van der Waals surface area contributed by atoms with Gasteiger partial charge >= 0.3 is 0 Å². The summed E-state index contributed by atoms with van der Waals surface area (Å²) in [6.45, 7) is 4.53. The van der Waals surface area contributed by atoms with Crippen molar-refractivity contribution in [1.82, 2.24) is 0 Å². The molecule has 0 amide bonds. The third-order valence-corrected chi connectivity index (χ3v) is 4.96. The molecule has 1 N–H and O–H groups in total. The van der Waals surface area contributed by atoms with E-state index in [1.807, 2.05) is 0 Å². The summed E-state index contributed by atoms with van der Waals surface area (Å²) >= 11 is 0. The van der Waals surface area contributed by atoms with Crippen molar-refractivity contribution in [2.45, 2.75) is 52.4 Å². The third-order valence-electron chi connectivity index (χ3n) is 4.72. The Morgan fingerprint density at radius 2 is 1.88 bits per heavy atom. The first-order valence-corrected chi connectivity index (χ1v) is 7.00. The van der Waals surface area contributed by atoms with Crippen LogP contribution < -0.4 is 0 Å². The Kier molecular flexibility index (Phi) is 3.59. The number of rotatable bonds is 2. The minimum atomic E-state index is 0.00798. The molecule has 92 valence electrons. The molecule has 0 spiro atoms. The van der Waals surface area contributed by atoms with Gasteiger partial charge in [0.25, 0.3) is 0 Å². The van der Waals surface area contributed by atoms with Gasteiger partial charge in [-0.2, -0.15) is 0 Å². The van der Waals surface area contributed by atoms with Crippen LogP contribution in [0.2, 0.25) is 0 Å². The van der Waals surface area contributed by atoms with E-state index in [1.54, 1.807) is 0 Å². The molecule has 2 nitrogen and oxygen atoms in total. The lowest BCUT2D eigenvalue weighted by Gasteiger charge is -2.47. The van der Waals surface area contributed by atoms with E-state index >= 15 is 0 Å². The fourth-order valence-corrected chi connectivity index (χ4v) is 4.34. The monoisotopic (exact) mass is 241 g/mol. The smallest absolute Gasteiger partial charge is 0.188 e. The first kappa shape index (κ1) is 12.4. The molecule has 0 aliphatic heterocycles. The summed E-state index contributed by atoms with van der Waals surface area (Å²) < 4.78 is 5.11. The fourth-order valence-electron chi connectivity index (χ4n) is 4.05. The number of fused-ring (bicyclic) bond motifs is 2. The molecule has 16 heavy (non-hydrogen) atoms. The molecule has 2 bridgehead atoms. The van der Waals surface area contributed by atoms with Crippen LogP contribution in [0, 0.1) is 28.6 Å². The number of nitrogens with one attached hydrogen (secondary N) is 1. The minimum absolute atomic E-state index is 0.00798. The Bertz CT molecular complexity index is 265. The van der Waals surface area contributed by atoms with Gasteiger partial charge in [-0.25, -0.2) is 0 Å². The van der Waals surface area contributed by atoms with E-state index in [4.69, 9.17) is 9.93 Å². The van der Waals surface area contributed by atoms with Crippen LogP contribution >= 0.6 is 9.47 Å². The summed E-state index contributed by atoms with van der Waals surface area (Å²) in [7, 11) is 2.23. The Labute approximate surface area is 101 Å². The van der Waals surface area contributed by atoms with E-state index in [9.17, 15) is 0 Å². The van der Waals surface area contributed by atoms with Crippen LogP contribution in [0.3, 0.4) is 0 Å². The highest BCUT2D eigenvalue weighted by Gasteiger charge is 2.44. The summed E-state index contributed by atoms with van der Waals surface area (Å²) in [5, 5.41) is 7.96. The highest BCUT2D eigenvalue weighted by atomic mass is 31.0. The van der Waals surface area contributed by atoms with Gasteiger partial charge in [-0.3, -0.25) is 5.41 Å². The highest BCUT2D eigenvalue weighted by Crippen LogP contribution is 2.51. The molecule has 0 heterocycles. The SMILES string of the molecule is CCC1CC2CC(C1)CC(C)(C(=N)OP)C2. The molecule has 2 saturated carbocycles. The first-order chi connectivity index (χ1) is 7.57. The standard InChI is InChI=1S/C13H24NOP/c1-3-9-4-10-6-11(5-9)8-13(2,7-10)12(14)15-16/h9-11,14H,3-8,16H2,1-2H3. The van der Waals surface area contributed by atoms with Gasteiger partial charge < -0.3 is 4.52 Å². The molecule has 2 aliphatic rings. The summed E-state index contributed by atoms with van der Waals surface area (Å²) in [5.74, 6) is 3.09. The van der Waals surface area contributed by atoms with Gasteiger partial charge in [-0.15, -0.1) is 0 Å². The largest absolute Gasteiger partial charge is 0.467 e. The van der Waals surface area contributed by atoms with Gasteiger partial charge in [-0.05, 0) is 49.9 Å². The molecular weight excluding hydrogens is 217 g/mol. The van der Waals surface area contributed by atoms with Gasteiger partial charge in [0.1, 0.15) is 0 Å². The van der Waals surface area contributed by atoms with E-state index in [0.29, 0.717) is 5.90 Å². The maximum absolute atomic E-state index is 7.96. The van der Waals surface area contributed by atoms with E-state index in [2.05, 4.69) is 23.3 Å². The second kappa shape index (κ2) is 4.64. The van der Waals surface area contributed by atoms with Crippen molar-refractivity contribution in [1.29, 1.82) is 5.41 Å². The molecule has 3 atom stereocenters. The second-order valence-corrected chi connectivity index (χ2v) is 6.37. The third kappa shape index (κ3) is 2.27. The predicted molar refractivity (Wildman–Crippen MR) is 70.5 cm³/mol. The average Bonchev–Trinajstić information content (AvgIpc) is 2.26. The molecule has 0 aromatic heterocycles. The Hall–Kier alpha value is -0.100.